The van der Waals surface area contributed by atoms with Gasteiger partial charge < -0.3 is 0 Å². The zero-order valence-corrected chi connectivity index (χ0v) is 7.31. The molecular weight excluding hydrogens is 136 g/mol. The number of nitrogens with one attached hydrogen (secondary N) is 1. The molecule has 0 amide bonds. The fraction of sp³-hybridized carbons (Fsp3) is 0.444. The highest BCUT2D eigenvalue weighted by atomic mass is 15.1. The Morgan fingerprint density at radius 1 is 1.55 bits per heavy atom. The molecule has 0 aliphatic rings. The van der Waals surface area contributed by atoms with Crippen LogP contribution >= 0.6 is 0 Å². The van der Waals surface area contributed by atoms with Crippen LogP contribution in [0.4, 0.5) is 0 Å². The van der Waals surface area contributed by atoms with E-state index in [1.54, 1.807) is 6.08 Å². The van der Waals surface area contributed by atoms with Crippen molar-refractivity contribution in [1.29, 1.82) is 0 Å². The lowest BCUT2D eigenvalue weighted by Gasteiger charge is -2.14. The summed E-state index contributed by atoms with van der Waals surface area (Å²) >= 11 is 0. The van der Waals surface area contributed by atoms with E-state index in [0.717, 1.165) is 11.4 Å². The summed E-state index contributed by atoms with van der Waals surface area (Å²) in [5.74, 6) is 0. The monoisotopic (exact) mass is 150 g/mol. The molecule has 60 valence electrons. The van der Waals surface area contributed by atoms with Crippen LogP contribution in [0.3, 0.4) is 0 Å². The highest BCUT2D eigenvalue weighted by Gasteiger charge is 2.15. The van der Waals surface area contributed by atoms with Gasteiger partial charge in [-0.3, -0.25) is 5.10 Å². The zero-order valence-electron chi connectivity index (χ0n) is 7.31. The summed E-state index contributed by atoms with van der Waals surface area (Å²) in [6.07, 6.45) is 1.74. The first-order valence-corrected chi connectivity index (χ1v) is 3.72. The molecule has 0 aliphatic carbocycles. The van der Waals surface area contributed by atoms with Gasteiger partial charge in [0.2, 0.25) is 0 Å². The third kappa shape index (κ3) is 1.70. The molecule has 1 heterocycles. The van der Waals surface area contributed by atoms with Crippen LogP contribution in [0, 0.1) is 0 Å². The Morgan fingerprint density at radius 2 is 2.18 bits per heavy atom. The molecule has 0 fully saturated rings. The van der Waals surface area contributed by atoms with E-state index in [-0.39, 0.29) is 5.41 Å². The highest BCUT2D eigenvalue weighted by molar-refractivity contribution is 5.42. The number of H-pyrrole nitrogens is 1. The maximum absolute atomic E-state index is 4.06. The van der Waals surface area contributed by atoms with Gasteiger partial charge in [-0.05, 0) is 12.1 Å². The Hall–Kier alpha value is -1.05. The minimum atomic E-state index is 0.147. The van der Waals surface area contributed by atoms with Crippen molar-refractivity contribution in [2.45, 2.75) is 26.2 Å². The first kappa shape index (κ1) is 8.05. The smallest absolute Gasteiger partial charge is 0.0845 e. The molecule has 2 heteroatoms. The van der Waals surface area contributed by atoms with Crippen molar-refractivity contribution >= 4 is 6.08 Å². The second-order valence-corrected chi connectivity index (χ2v) is 3.66. The number of rotatable bonds is 1. The fourth-order valence-corrected chi connectivity index (χ4v) is 0.826. The molecule has 0 saturated heterocycles. The summed E-state index contributed by atoms with van der Waals surface area (Å²) in [5.41, 5.74) is 2.20. The Morgan fingerprint density at radius 3 is 2.45 bits per heavy atom. The minimum absolute atomic E-state index is 0.147. The summed E-state index contributed by atoms with van der Waals surface area (Å²) < 4.78 is 0. The largest absolute Gasteiger partial charge is 0.281 e. The van der Waals surface area contributed by atoms with Crippen molar-refractivity contribution in [2.75, 3.05) is 0 Å². The van der Waals surface area contributed by atoms with Gasteiger partial charge in [-0.2, -0.15) is 5.10 Å². The molecule has 0 spiro atoms. The summed E-state index contributed by atoms with van der Waals surface area (Å²) in [7, 11) is 0. The zero-order chi connectivity index (χ0) is 8.48. The molecule has 0 unspecified atom stereocenters. The van der Waals surface area contributed by atoms with Crippen LogP contribution < -0.4 is 0 Å². The molecule has 2 nitrogen and oxygen atoms in total. The van der Waals surface area contributed by atoms with Crippen LogP contribution in [-0.4, -0.2) is 10.2 Å². The van der Waals surface area contributed by atoms with Crippen molar-refractivity contribution in [1.82, 2.24) is 10.2 Å². The van der Waals surface area contributed by atoms with Gasteiger partial charge in [0.25, 0.3) is 0 Å². The first-order valence-electron chi connectivity index (χ1n) is 3.72. The van der Waals surface area contributed by atoms with E-state index in [1.807, 2.05) is 6.07 Å². The van der Waals surface area contributed by atoms with Crippen molar-refractivity contribution in [2.24, 2.45) is 0 Å². The van der Waals surface area contributed by atoms with E-state index in [9.17, 15) is 0 Å². The minimum Gasteiger partial charge on any atom is -0.281 e. The Bertz CT molecular complexity index is 253. The standard InChI is InChI=1S/C9H14N2/c1-5-7-6-8(11-10-7)9(2,3)4/h5-6H,1H2,2-4H3,(H,10,11). The molecule has 1 rings (SSSR count). The van der Waals surface area contributed by atoms with E-state index in [0.29, 0.717) is 0 Å². The summed E-state index contributed by atoms with van der Waals surface area (Å²) in [5, 5.41) is 7.03. The van der Waals surface area contributed by atoms with Gasteiger partial charge in [0.05, 0.1) is 5.69 Å². The number of aromatic nitrogens is 2. The topological polar surface area (TPSA) is 28.7 Å². The van der Waals surface area contributed by atoms with Crippen LogP contribution in [0.2, 0.25) is 0 Å². The van der Waals surface area contributed by atoms with Gasteiger partial charge in [-0.25, -0.2) is 0 Å². The molecule has 0 radical (unpaired) electrons. The summed E-state index contributed by atoms with van der Waals surface area (Å²) in [6.45, 7) is 10.1. The van der Waals surface area contributed by atoms with Crippen molar-refractivity contribution in [3.63, 3.8) is 0 Å². The van der Waals surface area contributed by atoms with Crippen LogP contribution in [-0.2, 0) is 5.41 Å². The van der Waals surface area contributed by atoms with E-state index in [2.05, 4.69) is 37.5 Å². The van der Waals surface area contributed by atoms with Gasteiger partial charge >= 0.3 is 0 Å². The van der Waals surface area contributed by atoms with Gasteiger partial charge in [0.1, 0.15) is 0 Å². The molecule has 1 N–H and O–H groups in total. The molecule has 0 saturated carbocycles. The number of nitrogens with zero attached hydrogens (tertiary/aromatic N) is 1. The summed E-state index contributed by atoms with van der Waals surface area (Å²) in [6, 6.07) is 2.02. The summed E-state index contributed by atoms with van der Waals surface area (Å²) in [4.78, 5) is 0. The number of hydrogen-bond donors (Lipinski definition) is 1. The van der Waals surface area contributed by atoms with Gasteiger partial charge in [-0.15, -0.1) is 0 Å². The highest BCUT2D eigenvalue weighted by Crippen LogP contribution is 2.20. The molecular formula is C9H14N2. The van der Waals surface area contributed by atoms with E-state index >= 15 is 0 Å². The lowest BCUT2D eigenvalue weighted by molar-refractivity contribution is 0.567. The Balaban J connectivity index is 2.98. The van der Waals surface area contributed by atoms with E-state index in [4.69, 9.17) is 0 Å². The third-order valence-electron chi connectivity index (χ3n) is 1.61. The number of hydrogen-bond acceptors (Lipinski definition) is 1. The molecule has 0 aromatic carbocycles. The third-order valence-corrected chi connectivity index (χ3v) is 1.61. The second-order valence-electron chi connectivity index (χ2n) is 3.66. The quantitative estimate of drug-likeness (QED) is 0.654. The van der Waals surface area contributed by atoms with Gasteiger partial charge in [0.15, 0.2) is 0 Å². The first-order chi connectivity index (χ1) is 5.04. The lowest BCUT2D eigenvalue weighted by atomic mass is 9.92. The average Bonchev–Trinajstić information content (AvgIpc) is 2.32. The molecule has 1 aromatic rings. The van der Waals surface area contributed by atoms with Gasteiger partial charge in [-0.1, -0.05) is 27.4 Å². The van der Waals surface area contributed by atoms with Crippen LogP contribution in [0.5, 0.6) is 0 Å². The Labute approximate surface area is 67.3 Å². The predicted molar refractivity (Wildman–Crippen MR) is 47.4 cm³/mol. The normalized spacial score (nSPS) is 11.5. The molecule has 0 atom stereocenters. The van der Waals surface area contributed by atoms with E-state index in [1.165, 1.54) is 0 Å². The van der Waals surface area contributed by atoms with Crippen LogP contribution in [0.1, 0.15) is 32.2 Å². The average molecular weight is 150 g/mol. The Kier molecular flexibility index (Phi) is 1.85. The molecule has 1 aromatic heterocycles. The molecule has 0 bridgehead atoms. The van der Waals surface area contributed by atoms with Crippen LogP contribution in [0.25, 0.3) is 6.08 Å². The van der Waals surface area contributed by atoms with Crippen molar-refractivity contribution in [3.8, 4) is 0 Å². The van der Waals surface area contributed by atoms with Crippen LogP contribution in [0.15, 0.2) is 12.6 Å². The molecule has 11 heavy (non-hydrogen) atoms. The molecule has 0 aliphatic heterocycles. The predicted octanol–water partition coefficient (Wildman–Crippen LogP) is 2.35. The fourth-order valence-electron chi connectivity index (χ4n) is 0.826. The van der Waals surface area contributed by atoms with Crippen molar-refractivity contribution in [3.05, 3.63) is 24.0 Å². The SMILES string of the molecule is C=Cc1cc(C(C)(C)C)[nH]n1. The maximum Gasteiger partial charge on any atom is 0.0845 e. The maximum atomic E-state index is 4.06. The van der Waals surface area contributed by atoms with Crippen molar-refractivity contribution < 1.29 is 0 Å². The number of aromatic amines is 1. The lowest BCUT2D eigenvalue weighted by Crippen LogP contribution is -2.11. The second kappa shape index (κ2) is 2.53. The van der Waals surface area contributed by atoms with E-state index < -0.39 is 0 Å². The van der Waals surface area contributed by atoms with Gasteiger partial charge in [0, 0.05) is 11.1 Å².